The van der Waals surface area contributed by atoms with Crippen molar-refractivity contribution in [1.29, 1.82) is 0 Å². The van der Waals surface area contributed by atoms with Crippen molar-refractivity contribution in [3.8, 4) is 0 Å². The van der Waals surface area contributed by atoms with Gasteiger partial charge in [-0.1, -0.05) is 13.8 Å². The van der Waals surface area contributed by atoms with E-state index in [2.05, 4.69) is 13.8 Å². The van der Waals surface area contributed by atoms with Crippen molar-refractivity contribution in [3.63, 3.8) is 0 Å². The molecule has 2 fully saturated rings. The van der Waals surface area contributed by atoms with Crippen molar-refractivity contribution in [2.45, 2.75) is 47.0 Å². The summed E-state index contributed by atoms with van der Waals surface area (Å²) in [5.74, 6) is 0.962. The first-order valence-corrected chi connectivity index (χ1v) is 10.7. The van der Waals surface area contributed by atoms with E-state index in [9.17, 15) is 13.2 Å². The van der Waals surface area contributed by atoms with Crippen molar-refractivity contribution in [1.82, 2.24) is 13.5 Å². The molecular formula is C17H33N3O3S. The Bertz CT molecular complexity index is 515. The van der Waals surface area contributed by atoms with Gasteiger partial charge in [-0.2, -0.15) is 17.0 Å². The number of nitrogens with zero attached hydrogens (tertiary/aromatic N) is 3. The van der Waals surface area contributed by atoms with E-state index in [0.29, 0.717) is 50.9 Å². The van der Waals surface area contributed by atoms with Crippen molar-refractivity contribution in [2.75, 3.05) is 39.3 Å². The molecule has 24 heavy (non-hydrogen) atoms. The van der Waals surface area contributed by atoms with Crippen LogP contribution >= 0.6 is 0 Å². The van der Waals surface area contributed by atoms with Crippen molar-refractivity contribution in [3.05, 3.63) is 0 Å². The molecule has 2 aliphatic heterocycles. The van der Waals surface area contributed by atoms with E-state index in [1.165, 1.54) is 0 Å². The summed E-state index contributed by atoms with van der Waals surface area (Å²) in [5.41, 5.74) is 0. The number of hydrogen-bond donors (Lipinski definition) is 0. The van der Waals surface area contributed by atoms with Gasteiger partial charge in [-0.05, 0) is 44.9 Å². The van der Waals surface area contributed by atoms with Crippen LogP contribution in [-0.2, 0) is 15.0 Å². The SMILES string of the molecule is CCN(CC)C(=O)C1CCN(S(=O)(=O)N2CC(C)CC(C)C2)CC1. The third-order valence-corrected chi connectivity index (χ3v) is 7.33. The Morgan fingerprint density at radius 1 is 1.00 bits per heavy atom. The molecule has 2 aliphatic rings. The second-order valence-corrected chi connectivity index (χ2v) is 9.38. The molecule has 2 atom stereocenters. The van der Waals surface area contributed by atoms with E-state index in [4.69, 9.17) is 0 Å². The van der Waals surface area contributed by atoms with E-state index >= 15 is 0 Å². The van der Waals surface area contributed by atoms with Crippen LogP contribution in [0.3, 0.4) is 0 Å². The van der Waals surface area contributed by atoms with Crippen LogP contribution in [0.25, 0.3) is 0 Å². The van der Waals surface area contributed by atoms with Gasteiger partial charge in [0.2, 0.25) is 5.91 Å². The zero-order valence-corrected chi connectivity index (χ0v) is 16.4. The highest BCUT2D eigenvalue weighted by molar-refractivity contribution is 7.86. The van der Waals surface area contributed by atoms with Gasteiger partial charge in [0.25, 0.3) is 10.2 Å². The van der Waals surface area contributed by atoms with Crippen molar-refractivity contribution >= 4 is 16.1 Å². The molecule has 0 spiro atoms. The summed E-state index contributed by atoms with van der Waals surface area (Å²) >= 11 is 0. The second-order valence-electron chi connectivity index (χ2n) is 7.45. The maximum atomic E-state index is 12.9. The number of carbonyl (C=O) groups excluding carboxylic acids is 1. The lowest BCUT2D eigenvalue weighted by Crippen LogP contribution is -2.52. The average Bonchev–Trinajstić information content (AvgIpc) is 2.55. The standard InChI is InChI=1S/C17H33N3O3S/c1-5-18(6-2)17(21)16-7-9-19(10-8-16)24(22,23)20-12-14(3)11-15(4)13-20/h14-16H,5-13H2,1-4H3. The van der Waals surface area contributed by atoms with Crippen LogP contribution in [-0.4, -0.2) is 67.1 Å². The quantitative estimate of drug-likeness (QED) is 0.752. The first kappa shape index (κ1) is 19.7. The molecule has 0 saturated carbocycles. The Morgan fingerprint density at radius 2 is 1.50 bits per heavy atom. The molecule has 0 N–H and O–H groups in total. The molecule has 2 rings (SSSR count). The maximum Gasteiger partial charge on any atom is 0.281 e. The van der Waals surface area contributed by atoms with Gasteiger partial charge in [0.15, 0.2) is 0 Å². The molecular weight excluding hydrogens is 326 g/mol. The average molecular weight is 360 g/mol. The molecule has 2 heterocycles. The van der Waals surface area contributed by atoms with E-state index < -0.39 is 10.2 Å². The molecule has 1 amide bonds. The molecule has 0 aliphatic carbocycles. The summed E-state index contributed by atoms with van der Waals surface area (Å²) in [6.45, 7) is 11.8. The third-order valence-electron chi connectivity index (χ3n) is 5.37. The smallest absolute Gasteiger partial charge is 0.281 e. The number of hydrogen-bond acceptors (Lipinski definition) is 3. The molecule has 0 aromatic heterocycles. The third kappa shape index (κ3) is 4.29. The Balaban J connectivity index is 1.97. The van der Waals surface area contributed by atoms with E-state index in [1.807, 2.05) is 18.7 Å². The normalized spacial score (nSPS) is 28.0. The molecule has 0 radical (unpaired) electrons. The fourth-order valence-electron chi connectivity index (χ4n) is 4.08. The van der Waals surface area contributed by atoms with E-state index in [-0.39, 0.29) is 11.8 Å². The summed E-state index contributed by atoms with van der Waals surface area (Å²) in [7, 11) is -3.39. The second kappa shape index (κ2) is 8.15. The Hall–Kier alpha value is -0.660. The van der Waals surface area contributed by atoms with Crippen LogP contribution in [0.4, 0.5) is 0 Å². The summed E-state index contributed by atoms with van der Waals surface area (Å²) in [6, 6.07) is 0. The minimum atomic E-state index is -3.39. The van der Waals surface area contributed by atoms with Crippen LogP contribution in [0.2, 0.25) is 0 Å². The zero-order chi connectivity index (χ0) is 17.9. The van der Waals surface area contributed by atoms with Crippen LogP contribution in [0.1, 0.15) is 47.0 Å². The Morgan fingerprint density at radius 3 is 1.96 bits per heavy atom. The van der Waals surface area contributed by atoms with E-state index in [1.54, 1.807) is 8.61 Å². The minimum absolute atomic E-state index is 0.0319. The molecule has 7 heteroatoms. The minimum Gasteiger partial charge on any atom is -0.343 e. The fraction of sp³-hybridized carbons (Fsp3) is 0.941. The monoisotopic (exact) mass is 359 g/mol. The predicted molar refractivity (Wildman–Crippen MR) is 95.7 cm³/mol. The molecule has 6 nitrogen and oxygen atoms in total. The van der Waals surface area contributed by atoms with Gasteiger partial charge in [-0.3, -0.25) is 4.79 Å². The summed E-state index contributed by atoms with van der Waals surface area (Å²) in [4.78, 5) is 14.3. The lowest BCUT2D eigenvalue weighted by molar-refractivity contribution is -0.136. The highest BCUT2D eigenvalue weighted by atomic mass is 32.2. The van der Waals surface area contributed by atoms with Gasteiger partial charge in [-0.25, -0.2) is 0 Å². The Kier molecular flexibility index (Phi) is 6.67. The Labute approximate surface area is 147 Å². The first-order valence-electron chi connectivity index (χ1n) is 9.33. The van der Waals surface area contributed by atoms with Crippen LogP contribution in [0.5, 0.6) is 0 Å². The van der Waals surface area contributed by atoms with Gasteiger partial charge in [-0.15, -0.1) is 0 Å². The molecule has 0 aromatic rings. The predicted octanol–water partition coefficient (Wildman–Crippen LogP) is 1.79. The summed E-state index contributed by atoms with van der Waals surface area (Å²) in [5, 5.41) is 0. The lowest BCUT2D eigenvalue weighted by Gasteiger charge is -2.39. The van der Waals surface area contributed by atoms with Crippen molar-refractivity contribution < 1.29 is 13.2 Å². The molecule has 2 unspecified atom stereocenters. The highest BCUT2D eigenvalue weighted by Crippen LogP contribution is 2.28. The van der Waals surface area contributed by atoms with Crippen LogP contribution in [0.15, 0.2) is 0 Å². The first-order chi connectivity index (χ1) is 11.3. The van der Waals surface area contributed by atoms with Crippen molar-refractivity contribution in [2.24, 2.45) is 17.8 Å². The molecule has 0 bridgehead atoms. The van der Waals surface area contributed by atoms with Gasteiger partial charge >= 0.3 is 0 Å². The zero-order valence-electron chi connectivity index (χ0n) is 15.6. The number of piperidine rings is 2. The maximum absolute atomic E-state index is 12.9. The van der Waals surface area contributed by atoms with E-state index in [0.717, 1.165) is 19.5 Å². The number of amides is 1. The van der Waals surface area contributed by atoms with Gasteiger partial charge in [0.05, 0.1) is 0 Å². The highest BCUT2D eigenvalue weighted by Gasteiger charge is 2.38. The molecule has 140 valence electrons. The summed E-state index contributed by atoms with van der Waals surface area (Å²) in [6.07, 6.45) is 2.35. The largest absolute Gasteiger partial charge is 0.343 e. The van der Waals surface area contributed by atoms with Gasteiger partial charge in [0, 0.05) is 45.2 Å². The number of rotatable bonds is 5. The lowest BCUT2D eigenvalue weighted by atomic mass is 9.94. The fourth-order valence-corrected chi connectivity index (χ4v) is 5.97. The molecule has 0 aromatic carbocycles. The topological polar surface area (TPSA) is 60.9 Å². The molecule has 2 saturated heterocycles. The van der Waals surface area contributed by atoms with Crippen LogP contribution in [0, 0.1) is 17.8 Å². The summed E-state index contributed by atoms with van der Waals surface area (Å²) < 4.78 is 29.1. The van der Waals surface area contributed by atoms with Gasteiger partial charge in [0.1, 0.15) is 0 Å². The van der Waals surface area contributed by atoms with Gasteiger partial charge < -0.3 is 4.90 Å². The van der Waals surface area contributed by atoms with Crippen LogP contribution < -0.4 is 0 Å². The number of carbonyl (C=O) groups is 1.